The SMILES string of the molecule is CC(C)(C)[O-].[Cl-].[Cl-].[Ti+4].c1ccc2c(c1)[cH-]c1ccccc12. The van der Waals surface area contributed by atoms with Gasteiger partial charge >= 0.3 is 21.7 Å². The first-order chi connectivity index (χ1) is 8.45. The first kappa shape index (κ1) is 22.8. The van der Waals surface area contributed by atoms with Gasteiger partial charge in [0.25, 0.3) is 0 Å². The van der Waals surface area contributed by atoms with Gasteiger partial charge in [-0.1, -0.05) is 57.2 Å². The third kappa shape index (κ3) is 6.91. The van der Waals surface area contributed by atoms with Crippen LogP contribution >= 0.6 is 0 Å². The van der Waals surface area contributed by atoms with Crippen LogP contribution in [0.1, 0.15) is 20.8 Å². The molecule has 3 aromatic carbocycles. The van der Waals surface area contributed by atoms with Crippen molar-refractivity contribution >= 4 is 21.5 Å². The van der Waals surface area contributed by atoms with Crippen LogP contribution < -0.4 is 29.9 Å². The minimum Gasteiger partial charge on any atom is -1.00 e. The van der Waals surface area contributed by atoms with E-state index in [-0.39, 0.29) is 46.5 Å². The van der Waals surface area contributed by atoms with E-state index >= 15 is 0 Å². The van der Waals surface area contributed by atoms with Gasteiger partial charge in [0.2, 0.25) is 0 Å². The van der Waals surface area contributed by atoms with Gasteiger partial charge in [-0.15, -0.1) is 45.3 Å². The molecule has 21 heavy (non-hydrogen) atoms. The molecule has 0 spiro atoms. The normalized spacial score (nSPS) is 9.71. The summed E-state index contributed by atoms with van der Waals surface area (Å²) in [4.78, 5) is 0. The zero-order chi connectivity index (χ0) is 13.2. The molecule has 0 bridgehead atoms. The second-order valence-electron chi connectivity index (χ2n) is 5.43. The summed E-state index contributed by atoms with van der Waals surface area (Å²) in [6.45, 7) is 4.90. The molecule has 1 nitrogen and oxygen atoms in total. The molecule has 0 aliphatic rings. The quantitative estimate of drug-likeness (QED) is 0.333. The number of rotatable bonds is 0. The Morgan fingerprint density at radius 2 is 1.05 bits per heavy atom. The van der Waals surface area contributed by atoms with Crippen LogP contribution in [0, 0.1) is 0 Å². The summed E-state index contributed by atoms with van der Waals surface area (Å²) in [7, 11) is 0. The molecule has 0 aromatic heterocycles. The molecular formula is C17H18Cl2OTi. The predicted octanol–water partition coefficient (Wildman–Crippen LogP) is -2.14. The Balaban J connectivity index is 0. The van der Waals surface area contributed by atoms with Crippen LogP contribution in [0.3, 0.4) is 0 Å². The van der Waals surface area contributed by atoms with Crippen molar-refractivity contribution in [2.45, 2.75) is 26.4 Å². The van der Waals surface area contributed by atoms with E-state index in [0.717, 1.165) is 0 Å². The summed E-state index contributed by atoms with van der Waals surface area (Å²) < 4.78 is 0. The summed E-state index contributed by atoms with van der Waals surface area (Å²) in [6, 6.07) is 19.3. The van der Waals surface area contributed by atoms with E-state index < -0.39 is 5.60 Å². The molecule has 0 fully saturated rings. The second kappa shape index (κ2) is 9.55. The summed E-state index contributed by atoms with van der Waals surface area (Å²) in [5, 5.41) is 15.5. The Bertz CT molecular complexity index is 600. The molecule has 0 N–H and O–H groups in total. The first-order valence-corrected chi connectivity index (χ1v) is 6.19. The fourth-order valence-electron chi connectivity index (χ4n) is 1.90. The molecule has 0 unspecified atom stereocenters. The minimum atomic E-state index is -0.750. The van der Waals surface area contributed by atoms with Gasteiger partial charge in [-0.05, 0) is 0 Å². The zero-order valence-corrected chi connectivity index (χ0v) is 15.4. The number of hydrogen-bond acceptors (Lipinski definition) is 1. The second-order valence-corrected chi connectivity index (χ2v) is 5.43. The molecular weight excluding hydrogens is 339 g/mol. The van der Waals surface area contributed by atoms with Gasteiger partial charge in [-0.2, -0.15) is 0 Å². The number of benzene rings is 2. The molecule has 0 heterocycles. The molecule has 0 amide bonds. The number of hydrogen-bond donors (Lipinski definition) is 0. The third-order valence-corrected chi connectivity index (χ3v) is 2.52. The Kier molecular flexibility index (Phi) is 10.4. The van der Waals surface area contributed by atoms with Crippen molar-refractivity contribution < 1.29 is 51.6 Å². The van der Waals surface area contributed by atoms with E-state index in [1.54, 1.807) is 20.8 Å². The van der Waals surface area contributed by atoms with Crippen LogP contribution in [-0.2, 0) is 21.7 Å². The molecule has 3 rings (SSSR count). The maximum Gasteiger partial charge on any atom is 4.00 e. The van der Waals surface area contributed by atoms with Crippen molar-refractivity contribution in [3.8, 4) is 0 Å². The van der Waals surface area contributed by atoms with Crippen molar-refractivity contribution in [2.24, 2.45) is 0 Å². The molecule has 0 radical (unpaired) electrons. The van der Waals surface area contributed by atoms with Crippen LogP contribution in [0.15, 0.2) is 54.6 Å². The summed E-state index contributed by atoms with van der Waals surface area (Å²) in [5.41, 5.74) is -0.750. The van der Waals surface area contributed by atoms with Gasteiger partial charge < -0.3 is 29.9 Å². The minimum absolute atomic E-state index is 0. The van der Waals surface area contributed by atoms with Gasteiger partial charge in [0.05, 0.1) is 0 Å². The largest absolute Gasteiger partial charge is 4.00 e. The van der Waals surface area contributed by atoms with E-state index in [1.807, 2.05) is 0 Å². The van der Waals surface area contributed by atoms with E-state index in [0.29, 0.717) is 0 Å². The van der Waals surface area contributed by atoms with Gasteiger partial charge in [-0.25, -0.2) is 0 Å². The van der Waals surface area contributed by atoms with Gasteiger partial charge in [0, 0.05) is 0 Å². The zero-order valence-electron chi connectivity index (χ0n) is 12.4. The predicted molar refractivity (Wildman–Crippen MR) is 76.8 cm³/mol. The topological polar surface area (TPSA) is 23.1 Å². The van der Waals surface area contributed by atoms with Crippen LogP contribution in [0.4, 0.5) is 0 Å². The summed E-state index contributed by atoms with van der Waals surface area (Å²) in [5.74, 6) is 0. The Morgan fingerprint density at radius 1 is 0.762 bits per heavy atom. The third-order valence-electron chi connectivity index (χ3n) is 2.52. The molecule has 3 aromatic rings. The maximum absolute atomic E-state index is 10.1. The monoisotopic (exact) mass is 356 g/mol. The van der Waals surface area contributed by atoms with Crippen LogP contribution in [0.5, 0.6) is 0 Å². The summed E-state index contributed by atoms with van der Waals surface area (Å²) in [6.07, 6.45) is 0. The number of halogens is 2. The molecule has 0 aliphatic heterocycles. The van der Waals surface area contributed by atoms with Gasteiger partial charge in [0.15, 0.2) is 0 Å². The van der Waals surface area contributed by atoms with Crippen molar-refractivity contribution in [1.29, 1.82) is 0 Å². The van der Waals surface area contributed by atoms with Gasteiger partial charge in [0.1, 0.15) is 0 Å². The van der Waals surface area contributed by atoms with E-state index in [2.05, 4.69) is 54.6 Å². The van der Waals surface area contributed by atoms with E-state index in [1.165, 1.54) is 21.5 Å². The summed E-state index contributed by atoms with van der Waals surface area (Å²) >= 11 is 0. The maximum atomic E-state index is 10.1. The van der Waals surface area contributed by atoms with Crippen molar-refractivity contribution in [1.82, 2.24) is 0 Å². The van der Waals surface area contributed by atoms with Crippen LogP contribution in [0.25, 0.3) is 21.5 Å². The van der Waals surface area contributed by atoms with Crippen molar-refractivity contribution in [3.05, 3.63) is 54.6 Å². The smallest absolute Gasteiger partial charge is 1.00 e. The average molecular weight is 357 g/mol. The molecule has 110 valence electrons. The number of fused-ring (bicyclic) bond motifs is 3. The van der Waals surface area contributed by atoms with Crippen LogP contribution in [-0.4, -0.2) is 5.60 Å². The Morgan fingerprint density at radius 3 is 1.38 bits per heavy atom. The van der Waals surface area contributed by atoms with Crippen molar-refractivity contribution in [2.75, 3.05) is 0 Å². The fraction of sp³-hybridized carbons (Fsp3) is 0.235. The van der Waals surface area contributed by atoms with Crippen LogP contribution in [0.2, 0.25) is 0 Å². The van der Waals surface area contributed by atoms with E-state index in [4.69, 9.17) is 0 Å². The Labute approximate surface area is 153 Å². The molecule has 0 saturated carbocycles. The standard InChI is InChI=1S/C13H9.C4H9O.2ClH.Ti/c1-3-7-12-10(5-1)9-11-6-2-4-8-13(11)12;1-4(2,3)5;;;/h1-9H;1-3H3;2*1H;/q2*-1;;;+4/p-2. The first-order valence-electron chi connectivity index (χ1n) is 6.19. The Hall–Kier alpha value is -0.436. The molecule has 0 saturated heterocycles. The molecule has 0 aliphatic carbocycles. The van der Waals surface area contributed by atoms with Crippen molar-refractivity contribution in [3.63, 3.8) is 0 Å². The fourth-order valence-corrected chi connectivity index (χ4v) is 1.90. The van der Waals surface area contributed by atoms with E-state index in [9.17, 15) is 5.11 Å². The van der Waals surface area contributed by atoms with Gasteiger partial charge in [-0.3, -0.25) is 0 Å². The molecule has 0 atom stereocenters. The average Bonchev–Trinajstić information content (AvgIpc) is 2.65. The molecule has 4 heteroatoms.